The van der Waals surface area contributed by atoms with Gasteiger partial charge in [-0.25, -0.2) is 0 Å². The Morgan fingerprint density at radius 2 is 1.55 bits per heavy atom. The molecule has 0 unspecified atom stereocenters. The van der Waals surface area contributed by atoms with Crippen molar-refractivity contribution in [3.8, 4) is 5.75 Å². The van der Waals surface area contributed by atoms with Gasteiger partial charge in [-0.3, -0.25) is 5.01 Å². The first-order valence-electron chi connectivity index (χ1n) is 7.46. The van der Waals surface area contributed by atoms with Crippen LogP contribution in [0.4, 0.5) is 11.4 Å². The summed E-state index contributed by atoms with van der Waals surface area (Å²) in [6.07, 6.45) is 0. The highest BCUT2D eigenvalue weighted by molar-refractivity contribution is 5.46. The fourth-order valence-electron chi connectivity index (χ4n) is 2.45. The quantitative estimate of drug-likeness (QED) is 0.811. The number of hydrogen-bond donors (Lipinski definition) is 0. The molecule has 0 aliphatic carbocycles. The average molecular weight is 296 g/mol. The van der Waals surface area contributed by atoms with Gasteiger partial charge in [0.15, 0.2) is 0 Å². The van der Waals surface area contributed by atoms with Crippen LogP contribution in [-0.2, 0) is 0 Å². The lowest BCUT2D eigenvalue weighted by atomic mass is 10.2. The number of nitrogens with zero attached hydrogens (tertiary/aromatic N) is 4. The summed E-state index contributed by atoms with van der Waals surface area (Å²) in [6, 6.07) is 18.1. The molecule has 22 heavy (non-hydrogen) atoms. The normalized spacial score (nSPS) is 15.3. The Morgan fingerprint density at radius 1 is 0.864 bits per heavy atom. The predicted molar refractivity (Wildman–Crippen MR) is 87.7 cm³/mol. The van der Waals surface area contributed by atoms with Crippen molar-refractivity contribution >= 4 is 11.4 Å². The summed E-state index contributed by atoms with van der Waals surface area (Å²) in [6.45, 7) is 3.69. The molecule has 1 heterocycles. The van der Waals surface area contributed by atoms with Crippen LogP contribution in [0.25, 0.3) is 0 Å². The molecule has 0 bridgehead atoms. The van der Waals surface area contributed by atoms with E-state index < -0.39 is 0 Å². The molecular weight excluding hydrogens is 276 g/mol. The van der Waals surface area contributed by atoms with Crippen LogP contribution >= 0.6 is 0 Å². The maximum absolute atomic E-state index is 5.13. The Labute approximate surface area is 130 Å². The van der Waals surface area contributed by atoms with E-state index in [2.05, 4.69) is 39.5 Å². The van der Waals surface area contributed by atoms with E-state index in [0.29, 0.717) is 0 Å². The van der Waals surface area contributed by atoms with Crippen molar-refractivity contribution in [1.82, 2.24) is 5.01 Å². The number of ether oxygens (including phenoxy) is 1. The first-order chi connectivity index (χ1) is 10.8. The molecule has 114 valence electrons. The number of benzene rings is 2. The van der Waals surface area contributed by atoms with Gasteiger partial charge in [-0.2, -0.15) is 0 Å². The highest BCUT2D eigenvalue weighted by atomic mass is 16.5. The minimum Gasteiger partial charge on any atom is -0.497 e. The van der Waals surface area contributed by atoms with Crippen LogP contribution in [0.2, 0.25) is 0 Å². The molecule has 0 N–H and O–H groups in total. The molecule has 5 nitrogen and oxygen atoms in total. The minimum absolute atomic E-state index is 0.829. The van der Waals surface area contributed by atoms with Crippen molar-refractivity contribution < 1.29 is 4.74 Å². The Morgan fingerprint density at radius 3 is 2.18 bits per heavy atom. The Hall–Kier alpha value is -2.56. The fraction of sp³-hybridized carbons (Fsp3) is 0.294. The predicted octanol–water partition coefficient (Wildman–Crippen LogP) is 3.52. The van der Waals surface area contributed by atoms with E-state index in [9.17, 15) is 0 Å². The minimum atomic E-state index is 0.829. The van der Waals surface area contributed by atoms with Gasteiger partial charge in [-0.1, -0.05) is 23.4 Å². The van der Waals surface area contributed by atoms with E-state index in [4.69, 9.17) is 4.74 Å². The first-order valence-corrected chi connectivity index (χ1v) is 7.46. The van der Waals surface area contributed by atoms with Crippen LogP contribution in [0.3, 0.4) is 0 Å². The van der Waals surface area contributed by atoms with Gasteiger partial charge in [0.2, 0.25) is 0 Å². The molecule has 1 fully saturated rings. The van der Waals surface area contributed by atoms with E-state index in [-0.39, 0.29) is 0 Å². The van der Waals surface area contributed by atoms with Crippen molar-refractivity contribution in [1.29, 1.82) is 0 Å². The van der Waals surface area contributed by atoms with Gasteiger partial charge in [0.1, 0.15) is 5.75 Å². The zero-order valence-corrected chi connectivity index (χ0v) is 12.7. The van der Waals surface area contributed by atoms with Crippen LogP contribution in [0.5, 0.6) is 5.75 Å². The van der Waals surface area contributed by atoms with E-state index in [1.54, 1.807) is 7.11 Å². The Bertz CT molecular complexity index is 604. The average Bonchev–Trinajstić information content (AvgIpc) is 2.61. The highest BCUT2D eigenvalue weighted by Crippen LogP contribution is 2.19. The highest BCUT2D eigenvalue weighted by Gasteiger charge is 2.15. The summed E-state index contributed by atoms with van der Waals surface area (Å²) in [5.41, 5.74) is 2.11. The molecule has 0 saturated carbocycles. The molecule has 0 amide bonds. The molecule has 0 aromatic heterocycles. The second-order valence-electron chi connectivity index (χ2n) is 5.16. The monoisotopic (exact) mass is 296 g/mol. The van der Waals surface area contributed by atoms with Gasteiger partial charge in [0, 0.05) is 18.8 Å². The number of para-hydroxylation sites is 1. The zero-order valence-electron chi connectivity index (χ0n) is 12.7. The SMILES string of the molecule is COc1ccc(N=NN2CCN(c3ccccc3)CC2)cc1. The maximum atomic E-state index is 5.13. The third-order valence-electron chi connectivity index (χ3n) is 3.74. The summed E-state index contributed by atoms with van der Waals surface area (Å²) >= 11 is 0. The van der Waals surface area contributed by atoms with Gasteiger partial charge in [0.05, 0.1) is 25.9 Å². The van der Waals surface area contributed by atoms with E-state index in [1.807, 2.05) is 35.3 Å². The lowest BCUT2D eigenvalue weighted by Crippen LogP contribution is -2.43. The standard InChI is InChI=1S/C17H20N4O/c1-22-17-9-7-15(8-10-17)18-19-21-13-11-20(12-14-21)16-5-3-2-4-6-16/h2-10H,11-14H2,1H3. The first kappa shape index (κ1) is 14.4. The Kier molecular flexibility index (Phi) is 4.53. The second kappa shape index (κ2) is 6.93. The van der Waals surface area contributed by atoms with Gasteiger partial charge in [-0.15, -0.1) is 5.11 Å². The molecular formula is C17H20N4O. The smallest absolute Gasteiger partial charge is 0.119 e. The third kappa shape index (κ3) is 3.55. The lowest BCUT2D eigenvalue weighted by Gasteiger charge is -2.33. The van der Waals surface area contributed by atoms with E-state index >= 15 is 0 Å². The molecule has 1 aliphatic heterocycles. The fourth-order valence-corrected chi connectivity index (χ4v) is 2.45. The number of rotatable bonds is 4. The summed E-state index contributed by atoms with van der Waals surface area (Å²) in [5.74, 6) is 0.829. The van der Waals surface area contributed by atoms with Gasteiger partial charge in [-0.05, 0) is 36.4 Å². The van der Waals surface area contributed by atoms with Crippen LogP contribution in [0.15, 0.2) is 64.9 Å². The second-order valence-corrected chi connectivity index (χ2v) is 5.16. The zero-order chi connectivity index (χ0) is 15.2. The molecule has 2 aromatic rings. The largest absolute Gasteiger partial charge is 0.497 e. The van der Waals surface area contributed by atoms with Crippen LogP contribution in [0, 0.1) is 0 Å². The summed E-state index contributed by atoms with van der Waals surface area (Å²) in [7, 11) is 1.66. The van der Waals surface area contributed by atoms with Crippen molar-refractivity contribution in [3.05, 3.63) is 54.6 Å². The van der Waals surface area contributed by atoms with Gasteiger partial charge < -0.3 is 9.64 Å². The lowest BCUT2D eigenvalue weighted by molar-refractivity contribution is 0.254. The summed E-state index contributed by atoms with van der Waals surface area (Å²) in [5, 5.41) is 10.6. The molecule has 2 aromatic carbocycles. The number of anilines is 1. The van der Waals surface area contributed by atoms with Crippen molar-refractivity contribution in [2.45, 2.75) is 0 Å². The van der Waals surface area contributed by atoms with Crippen LogP contribution in [-0.4, -0.2) is 38.3 Å². The molecule has 1 aliphatic rings. The van der Waals surface area contributed by atoms with Gasteiger partial charge in [0.25, 0.3) is 0 Å². The van der Waals surface area contributed by atoms with Crippen molar-refractivity contribution in [3.63, 3.8) is 0 Å². The van der Waals surface area contributed by atoms with Crippen LogP contribution < -0.4 is 9.64 Å². The molecule has 0 atom stereocenters. The third-order valence-corrected chi connectivity index (χ3v) is 3.74. The number of piperazine rings is 1. The maximum Gasteiger partial charge on any atom is 0.119 e. The molecule has 0 spiro atoms. The summed E-state index contributed by atoms with van der Waals surface area (Å²) in [4.78, 5) is 2.37. The van der Waals surface area contributed by atoms with E-state index in [1.165, 1.54) is 5.69 Å². The van der Waals surface area contributed by atoms with Crippen molar-refractivity contribution in [2.75, 3.05) is 38.2 Å². The Balaban J connectivity index is 1.54. The van der Waals surface area contributed by atoms with Gasteiger partial charge >= 0.3 is 0 Å². The molecule has 1 saturated heterocycles. The van der Waals surface area contributed by atoms with E-state index in [0.717, 1.165) is 37.6 Å². The molecule has 3 rings (SSSR count). The number of methoxy groups -OCH3 is 1. The van der Waals surface area contributed by atoms with Crippen LogP contribution in [0.1, 0.15) is 0 Å². The van der Waals surface area contributed by atoms with Crippen molar-refractivity contribution in [2.24, 2.45) is 10.3 Å². The topological polar surface area (TPSA) is 40.4 Å². The summed E-state index contributed by atoms with van der Waals surface area (Å²) < 4.78 is 5.13. The number of hydrogen-bond acceptors (Lipinski definition) is 4. The molecule has 5 heteroatoms. The molecule has 0 radical (unpaired) electrons.